The van der Waals surface area contributed by atoms with Gasteiger partial charge in [0.15, 0.2) is 0 Å². The van der Waals surface area contributed by atoms with Gasteiger partial charge in [-0.05, 0) is 18.1 Å². The first-order valence-electron chi connectivity index (χ1n) is 3.60. The van der Waals surface area contributed by atoms with Gasteiger partial charge in [-0.25, -0.2) is 0 Å². The van der Waals surface area contributed by atoms with E-state index in [0.29, 0.717) is 6.61 Å². The molecule has 0 saturated heterocycles. The van der Waals surface area contributed by atoms with E-state index in [1.165, 1.54) is 0 Å². The number of rotatable bonds is 0. The van der Waals surface area contributed by atoms with Crippen LogP contribution in [0, 0.1) is 0 Å². The van der Waals surface area contributed by atoms with Gasteiger partial charge in [-0.15, -0.1) is 0 Å². The number of nitrogens with zero attached hydrogens (tertiary/aromatic N) is 1. The SMILES string of the molecule is OB1OCCc2ccncc21. The van der Waals surface area contributed by atoms with Gasteiger partial charge in [0, 0.05) is 24.5 Å². The van der Waals surface area contributed by atoms with Crippen LogP contribution in [0.4, 0.5) is 0 Å². The fraction of sp³-hybridized carbons (Fsp3) is 0.286. The highest BCUT2D eigenvalue weighted by molar-refractivity contribution is 6.60. The molecule has 4 heteroatoms. The van der Waals surface area contributed by atoms with Crippen molar-refractivity contribution in [3.63, 3.8) is 0 Å². The van der Waals surface area contributed by atoms with Crippen LogP contribution in [0.15, 0.2) is 18.5 Å². The van der Waals surface area contributed by atoms with E-state index in [9.17, 15) is 5.02 Å². The van der Waals surface area contributed by atoms with Crippen LogP contribution in [0.1, 0.15) is 5.56 Å². The second-order valence-electron chi connectivity index (χ2n) is 2.55. The summed E-state index contributed by atoms with van der Waals surface area (Å²) in [5.74, 6) is 0. The number of pyridine rings is 1. The maximum Gasteiger partial charge on any atom is 0.493 e. The van der Waals surface area contributed by atoms with Crippen LogP contribution in [-0.2, 0) is 11.1 Å². The minimum atomic E-state index is -0.771. The zero-order chi connectivity index (χ0) is 7.68. The molecule has 56 valence electrons. The summed E-state index contributed by atoms with van der Waals surface area (Å²) in [7, 11) is -0.771. The Balaban J connectivity index is 2.44. The summed E-state index contributed by atoms with van der Waals surface area (Å²) in [5, 5.41) is 9.30. The van der Waals surface area contributed by atoms with Crippen molar-refractivity contribution in [1.82, 2.24) is 4.98 Å². The Morgan fingerprint density at radius 2 is 2.55 bits per heavy atom. The highest BCUT2D eigenvalue weighted by Crippen LogP contribution is 2.03. The molecule has 0 amide bonds. The van der Waals surface area contributed by atoms with Crippen LogP contribution in [0.3, 0.4) is 0 Å². The van der Waals surface area contributed by atoms with Gasteiger partial charge in [0.2, 0.25) is 0 Å². The Bertz CT molecular complexity index is 266. The summed E-state index contributed by atoms with van der Waals surface area (Å²) in [5.41, 5.74) is 1.94. The highest BCUT2D eigenvalue weighted by Gasteiger charge is 2.23. The largest absolute Gasteiger partial charge is 0.493 e. The minimum absolute atomic E-state index is 0.595. The summed E-state index contributed by atoms with van der Waals surface area (Å²) in [4.78, 5) is 3.91. The van der Waals surface area contributed by atoms with E-state index in [2.05, 4.69) is 4.98 Å². The molecule has 2 rings (SSSR count). The standard InChI is InChI=1S/C7H8BNO2/c10-8-7-5-9-3-1-6(7)2-4-11-8/h1,3,5,10H,2,4H2. The third-order valence-electron chi connectivity index (χ3n) is 1.86. The summed E-state index contributed by atoms with van der Waals surface area (Å²) >= 11 is 0. The Morgan fingerprint density at radius 3 is 3.36 bits per heavy atom. The number of fused-ring (bicyclic) bond motifs is 1. The average molecular weight is 149 g/mol. The van der Waals surface area contributed by atoms with Crippen LogP contribution >= 0.6 is 0 Å². The molecule has 0 radical (unpaired) electrons. The Hall–Kier alpha value is -0.865. The Kier molecular flexibility index (Phi) is 1.64. The molecule has 2 heterocycles. The zero-order valence-electron chi connectivity index (χ0n) is 6.03. The van der Waals surface area contributed by atoms with E-state index in [1.807, 2.05) is 6.07 Å². The van der Waals surface area contributed by atoms with E-state index >= 15 is 0 Å². The van der Waals surface area contributed by atoms with Crippen molar-refractivity contribution >= 4 is 12.6 Å². The van der Waals surface area contributed by atoms with E-state index < -0.39 is 7.12 Å². The minimum Gasteiger partial charge on any atom is -0.423 e. The van der Waals surface area contributed by atoms with Gasteiger partial charge in [-0.1, -0.05) is 0 Å². The van der Waals surface area contributed by atoms with Crippen molar-refractivity contribution < 1.29 is 9.68 Å². The Labute approximate surface area is 65.2 Å². The molecule has 11 heavy (non-hydrogen) atoms. The molecule has 0 atom stereocenters. The number of aromatic nitrogens is 1. The molecule has 3 nitrogen and oxygen atoms in total. The van der Waals surface area contributed by atoms with E-state index in [4.69, 9.17) is 4.65 Å². The van der Waals surface area contributed by atoms with Gasteiger partial charge < -0.3 is 9.68 Å². The Morgan fingerprint density at radius 1 is 1.64 bits per heavy atom. The topological polar surface area (TPSA) is 42.4 Å². The molecule has 0 unspecified atom stereocenters. The fourth-order valence-electron chi connectivity index (χ4n) is 1.26. The molecule has 0 spiro atoms. The average Bonchev–Trinajstić information content (AvgIpc) is 2.06. The maximum absolute atomic E-state index is 9.30. The summed E-state index contributed by atoms with van der Waals surface area (Å²) in [6.07, 6.45) is 4.25. The lowest BCUT2D eigenvalue weighted by molar-refractivity contribution is 0.266. The van der Waals surface area contributed by atoms with Crippen LogP contribution < -0.4 is 5.46 Å². The normalized spacial score (nSPS) is 16.3. The predicted molar refractivity (Wildman–Crippen MR) is 41.5 cm³/mol. The maximum atomic E-state index is 9.30. The molecule has 1 aliphatic rings. The van der Waals surface area contributed by atoms with Crippen molar-refractivity contribution in [3.8, 4) is 0 Å². The van der Waals surface area contributed by atoms with Crippen molar-refractivity contribution in [2.24, 2.45) is 0 Å². The number of hydrogen-bond acceptors (Lipinski definition) is 3. The lowest BCUT2D eigenvalue weighted by Gasteiger charge is -2.17. The summed E-state index contributed by atoms with van der Waals surface area (Å²) < 4.78 is 5.02. The van der Waals surface area contributed by atoms with E-state index in [0.717, 1.165) is 17.4 Å². The smallest absolute Gasteiger partial charge is 0.423 e. The van der Waals surface area contributed by atoms with E-state index in [-0.39, 0.29) is 0 Å². The first kappa shape index (κ1) is 6.82. The van der Waals surface area contributed by atoms with Gasteiger partial charge in [0.25, 0.3) is 0 Å². The number of hydrogen-bond donors (Lipinski definition) is 1. The quantitative estimate of drug-likeness (QED) is 0.498. The molecule has 1 N–H and O–H groups in total. The van der Waals surface area contributed by atoms with Gasteiger partial charge in [0.05, 0.1) is 0 Å². The molecule has 1 aromatic rings. The van der Waals surface area contributed by atoms with Crippen LogP contribution in [0.2, 0.25) is 0 Å². The second-order valence-corrected chi connectivity index (χ2v) is 2.55. The molecule has 0 aliphatic carbocycles. The third kappa shape index (κ3) is 1.15. The molecular weight excluding hydrogens is 141 g/mol. The zero-order valence-corrected chi connectivity index (χ0v) is 6.03. The van der Waals surface area contributed by atoms with E-state index in [1.54, 1.807) is 12.4 Å². The molecule has 0 bridgehead atoms. The molecule has 0 aromatic carbocycles. The first-order chi connectivity index (χ1) is 5.38. The molecule has 1 aliphatic heterocycles. The molecule has 0 saturated carbocycles. The van der Waals surface area contributed by atoms with Crippen molar-refractivity contribution in [2.45, 2.75) is 6.42 Å². The molecular formula is C7H8BNO2. The van der Waals surface area contributed by atoms with Crippen LogP contribution in [0.5, 0.6) is 0 Å². The molecule has 0 fully saturated rings. The van der Waals surface area contributed by atoms with Gasteiger partial charge >= 0.3 is 7.12 Å². The predicted octanol–water partition coefficient (Wildman–Crippen LogP) is -0.658. The third-order valence-corrected chi connectivity index (χ3v) is 1.86. The summed E-state index contributed by atoms with van der Waals surface area (Å²) in [6.45, 7) is 0.595. The van der Waals surface area contributed by atoms with Gasteiger partial charge in [0.1, 0.15) is 0 Å². The highest BCUT2D eigenvalue weighted by atomic mass is 16.5. The van der Waals surface area contributed by atoms with Gasteiger partial charge in [-0.3, -0.25) is 4.98 Å². The second kappa shape index (κ2) is 2.64. The first-order valence-corrected chi connectivity index (χ1v) is 3.60. The van der Waals surface area contributed by atoms with Crippen molar-refractivity contribution in [3.05, 3.63) is 24.0 Å². The van der Waals surface area contributed by atoms with Gasteiger partial charge in [-0.2, -0.15) is 0 Å². The fourth-order valence-corrected chi connectivity index (χ4v) is 1.26. The van der Waals surface area contributed by atoms with Crippen molar-refractivity contribution in [2.75, 3.05) is 6.61 Å². The lowest BCUT2D eigenvalue weighted by Crippen LogP contribution is -2.41. The molecule has 1 aromatic heterocycles. The van der Waals surface area contributed by atoms with Crippen LogP contribution in [-0.4, -0.2) is 23.7 Å². The van der Waals surface area contributed by atoms with Crippen LogP contribution in [0.25, 0.3) is 0 Å². The lowest BCUT2D eigenvalue weighted by atomic mass is 9.75. The van der Waals surface area contributed by atoms with Crippen molar-refractivity contribution in [1.29, 1.82) is 0 Å². The summed E-state index contributed by atoms with van der Waals surface area (Å²) in [6, 6.07) is 1.92. The monoisotopic (exact) mass is 149 g/mol.